The van der Waals surface area contributed by atoms with Crippen molar-refractivity contribution in [1.82, 2.24) is 4.57 Å². The lowest BCUT2D eigenvalue weighted by Crippen LogP contribution is -2.16. The van der Waals surface area contributed by atoms with Crippen molar-refractivity contribution in [1.29, 1.82) is 0 Å². The Balaban J connectivity index is 1.70. The standard InChI is InChI=1S/C21H23NO4S/c1-13-9-17(15(3)22(13)14(2)11-25-4)18(23)12-26-21(24)20-10-16-7-5-6-8-19(16)27-20/h5-10,14H,11-12H2,1-4H3. The van der Waals surface area contributed by atoms with Gasteiger partial charge in [0.25, 0.3) is 0 Å². The molecule has 6 heteroatoms. The fraction of sp³-hybridized carbons (Fsp3) is 0.333. The van der Waals surface area contributed by atoms with Gasteiger partial charge in [0, 0.05) is 28.8 Å². The maximum absolute atomic E-state index is 12.6. The highest BCUT2D eigenvalue weighted by atomic mass is 32.1. The van der Waals surface area contributed by atoms with E-state index >= 15 is 0 Å². The number of carbonyl (C=O) groups is 2. The SMILES string of the molecule is COCC(C)n1c(C)cc(C(=O)COC(=O)c2cc3ccccc3s2)c1C. The zero-order chi connectivity index (χ0) is 19.6. The molecule has 5 nitrogen and oxygen atoms in total. The lowest BCUT2D eigenvalue weighted by molar-refractivity contribution is 0.0479. The van der Waals surface area contributed by atoms with Crippen LogP contribution in [0.25, 0.3) is 10.1 Å². The van der Waals surface area contributed by atoms with E-state index in [2.05, 4.69) is 4.57 Å². The molecule has 0 fully saturated rings. The van der Waals surface area contributed by atoms with Gasteiger partial charge in [-0.3, -0.25) is 4.79 Å². The summed E-state index contributed by atoms with van der Waals surface area (Å²) in [6.45, 7) is 6.19. The second-order valence-electron chi connectivity index (χ2n) is 6.61. The molecule has 0 spiro atoms. The third kappa shape index (κ3) is 3.96. The van der Waals surface area contributed by atoms with Crippen LogP contribution in [0.5, 0.6) is 0 Å². The molecule has 3 aromatic rings. The molecule has 0 aliphatic rings. The predicted octanol–water partition coefficient (Wildman–Crippen LogP) is 4.57. The first-order valence-electron chi connectivity index (χ1n) is 8.78. The number of hydrogen-bond acceptors (Lipinski definition) is 5. The Morgan fingerprint density at radius 2 is 1.93 bits per heavy atom. The Bertz CT molecular complexity index is 952. The third-order valence-electron chi connectivity index (χ3n) is 4.59. The number of nitrogens with zero attached hydrogens (tertiary/aromatic N) is 1. The molecule has 2 heterocycles. The van der Waals surface area contributed by atoms with Crippen LogP contribution in [0, 0.1) is 13.8 Å². The lowest BCUT2D eigenvalue weighted by atomic mass is 10.1. The minimum Gasteiger partial charge on any atom is -0.453 e. The van der Waals surface area contributed by atoms with Crippen LogP contribution in [0.3, 0.4) is 0 Å². The van der Waals surface area contributed by atoms with E-state index in [1.54, 1.807) is 13.2 Å². The van der Waals surface area contributed by atoms with E-state index in [-0.39, 0.29) is 18.4 Å². The van der Waals surface area contributed by atoms with Gasteiger partial charge in [-0.25, -0.2) is 4.79 Å². The number of hydrogen-bond donors (Lipinski definition) is 0. The molecule has 1 unspecified atom stereocenters. The van der Waals surface area contributed by atoms with Crippen LogP contribution < -0.4 is 0 Å². The van der Waals surface area contributed by atoms with E-state index in [1.165, 1.54) is 11.3 Å². The van der Waals surface area contributed by atoms with Crippen molar-refractivity contribution in [3.63, 3.8) is 0 Å². The molecular weight excluding hydrogens is 362 g/mol. The van der Waals surface area contributed by atoms with E-state index in [4.69, 9.17) is 9.47 Å². The number of fused-ring (bicyclic) bond motifs is 1. The molecule has 27 heavy (non-hydrogen) atoms. The van der Waals surface area contributed by atoms with Crippen LogP contribution in [0.4, 0.5) is 0 Å². The van der Waals surface area contributed by atoms with Gasteiger partial charge in [0.2, 0.25) is 5.78 Å². The Hall–Kier alpha value is -2.44. The van der Waals surface area contributed by atoms with Crippen molar-refractivity contribution in [3.8, 4) is 0 Å². The first-order valence-corrected chi connectivity index (χ1v) is 9.60. The topological polar surface area (TPSA) is 57.5 Å². The molecule has 0 aliphatic heterocycles. The van der Waals surface area contributed by atoms with Gasteiger partial charge >= 0.3 is 5.97 Å². The van der Waals surface area contributed by atoms with Gasteiger partial charge in [0.05, 0.1) is 12.6 Å². The number of ether oxygens (including phenoxy) is 2. The van der Waals surface area contributed by atoms with Gasteiger partial charge in [-0.15, -0.1) is 11.3 Å². The zero-order valence-electron chi connectivity index (χ0n) is 15.9. The van der Waals surface area contributed by atoms with Gasteiger partial charge in [-0.05, 0) is 44.4 Å². The monoisotopic (exact) mass is 385 g/mol. The summed E-state index contributed by atoms with van der Waals surface area (Å²) >= 11 is 1.37. The Kier molecular flexibility index (Phi) is 5.77. The van der Waals surface area contributed by atoms with Crippen molar-refractivity contribution >= 4 is 33.2 Å². The Labute approximate surface area is 162 Å². The molecule has 0 saturated carbocycles. The number of benzene rings is 1. The second kappa shape index (κ2) is 8.06. The molecule has 142 valence electrons. The van der Waals surface area contributed by atoms with Crippen molar-refractivity contribution in [2.24, 2.45) is 0 Å². The number of ketones is 1. The molecule has 0 aliphatic carbocycles. The fourth-order valence-electron chi connectivity index (χ4n) is 3.42. The van der Waals surface area contributed by atoms with Crippen molar-refractivity contribution in [2.75, 3.05) is 20.3 Å². The summed E-state index contributed by atoms with van der Waals surface area (Å²) in [5.41, 5.74) is 2.43. The number of aromatic nitrogens is 1. The predicted molar refractivity (Wildman–Crippen MR) is 107 cm³/mol. The maximum atomic E-state index is 12.6. The van der Waals surface area contributed by atoms with Gasteiger partial charge in [0.1, 0.15) is 4.88 Å². The van der Waals surface area contributed by atoms with Crippen LogP contribution >= 0.6 is 11.3 Å². The molecule has 0 N–H and O–H groups in total. The quantitative estimate of drug-likeness (QED) is 0.442. The molecular formula is C21H23NO4S. The van der Waals surface area contributed by atoms with Gasteiger partial charge in [-0.1, -0.05) is 18.2 Å². The summed E-state index contributed by atoms with van der Waals surface area (Å²) in [6.07, 6.45) is 0. The third-order valence-corrected chi connectivity index (χ3v) is 5.69. The number of Topliss-reactive ketones (excluding diaryl/α,β-unsaturated/α-hetero) is 1. The Morgan fingerprint density at radius 1 is 1.19 bits per heavy atom. The largest absolute Gasteiger partial charge is 0.453 e. The average Bonchev–Trinajstić information content (AvgIpc) is 3.20. The summed E-state index contributed by atoms with van der Waals surface area (Å²) in [5.74, 6) is -0.667. The molecule has 1 atom stereocenters. The van der Waals surface area contributed by atoms with Crippen molar-refractivity contribution in [2.45, 2.75) is 26.8 Å². The molecule has 0 amide bonds. The van der Waals surface area contributed by atoms with Crippen molar-refractivity contribution < 1.29 is 19.1 Å². The molecule has 2 aromatic heterocycles. The number of carbonyl (C=O) groups excluding carboxylic acids is 2. The first kappa shape index (κ1) is 19.3. The van der Waals surface area contributed by atoms with Gasteiger partial charge in [-0.2, -0.15) is 0 Å². The zero-order valence-corrected chi connectivity index (χ0v) is 16.8. The first-order chi connectivity index (χ1) is 12.9. The Morgan fingerprint density at radius 3 is 2.63 bits per heavy atom. The molecule has 0 saturated heterocycles. The summed E-state index contributed by atoms with van der Waals surface area (Å²) in [7, 11) is 1.66. The molecule has 3 rings (SSSR count). The summed E-state index contributed by atoms with van der Waals surface area (Å²) in [6, 6.07) is 11.5. The normalized spacial score (nSPS) is 12.3. The fourth-order valence-corrected chi connectivity index (χ4v) is 4.37. The highest BCUT2D eigenvalue weighted by Gasteiger charge is 2.20. The van der Waals surface area contributed by atoms with E-state index in [0.717, 1.165) is 21.5 Å². The minimum atomic E-state index is -0.467. The number of rotatable bonds is 7. The van der Waals surface area contributed by atoms with E-state index in [1.807, 2.05) is 51.1 Å². The average molecular weight is 385 g/mol. The van der Waals surface area contributed by atoms with Crippen LogP contribution in [0.1, 0.15) is 44.4 Å². The number of thiophene rings is 1. The van der Waals surface area contributed by atoms with Crippen molar-refractivity contribution in [3.05, 3.63) is 58.2 Å². The van der Waals surface area contributed by atoms with Crippen LogP contribution in [0.2, 0.25) is 0 Å². The number of methoxy groups -OCH3 is 1. The second-order valence-corrected chi connectivity index (χ2v) is 7.69. The highest BCUT2D eigenvalue weighted by molar-refractivity contribution is 7.20. The van der Waals surface area contributed by atoms with E-state index in [0.29, 0.717) is 17.0 Å². The van der Waals surface area contributed by atoms with Crippen LogP contribution in [-0.4, -0.2) is 36.6 Å². The van der Waals surface area contributed by atoms with Crippen LogP contribution in [0.15, 0.2) is 36.4 Å². The van der Waals surface area contributed by atoms with Gasteiger partial charge < -0.3 is 14.0 Å². The minimum absolute atomic E-state index is 0.123. The van der Waals surface area contributed by atoms with E-state index in [9.17, 15) is 9.59 Å². The van der Waals surface area contributed by atoms with E-state index < -0.39 is 5.97 Å². The molecule has 0 bridgehead atoms. The maximum Gasteiger partial charge on any atom is 0.348 e. The van der Waals surface area contributed by atoms with Gasteiger partial charge in [0.15, 0.2) is 6.61 Å². The number of aryl methyl sites for hydroxylation is 1. The highest BCUT2D eigenvalue weighted by Crippen LogP contribution is 2.26. The lowest BCUT2D eigenvalue weighted by Gasteiger charge is -2.17. The molecule has 0 radical (unpaired) electrons. The summed E-state index contributed by atoms with van der Waals surface area (Å²) < 4.78 is 13.6. The summed E-state index contributed by atoms with van der Waals surface area (Å²) in [4.78, 5) is 25.4. The smallest absolute Gasteiger partial charge is 0.348 e. The number of esters is 1. The molecule has 1 aromatic carbocycles. The van der Waals surface area contributed by atoms with Crippen LogP contribution in [-0.2, 0) is 9.47 Å². The summed E-state index contributed by atoms with van der Waals surface area (Å²) in [5, 5.41) is 0.997.